The fourth-order valence-corrected chi connectivity index (χ4v) is 3.20. The van der Waals surface area contributed by atoms with Crippen molar-refractivity contribution in [2.45, 2.75) is 56.8 Å². The van der Waals surface area contributed by atoms with Gasteiger partial charge in [-0.1, -0.05) is 12.8 Å². The Kier molecular flexibility index (Phi) is 3.21. The predicted molar refractivity (Wildman–Crippen MR) is 65.7 cm³/mol. The summed E-state index contributed by atoms with van der Waals surface area (Å²) in [4.78, 5) is 0. The number of furan rings is 1. The smallest absolute Gasteiger partial charge is 0.0947 e. The third-order valence-electron chi connectivity index (χ3n) is 4.13. The maximum absolute atomic E-state index is 6.24. The zero-order chi connectivity index (χ0) is 11.6. The van der Waals surface area contributed by atoms with E-state index in [1.807, 2.05) is 6.07 Å². The van der Waals surface area contributed by atoms with Gasteiger partial charge in [-0.2, -0.15) is 0 Å². The van der Waals surface area contributed by atoms with Crippen LogP contribution in [-0.2, 0) is 11.3 Å². The molecular formula is C14H21NO2. The molecule has 3 nitrogen and oxygen atoms in total. The summed E-state index contributed by atoms with van der Waals surface area (Å²) in [5.41, 5.74) is 1.47. The van der Waals surface area contributed by atoms with Gasteiger partial charge in [0.05, 0.1) is 24.2 Å². The molecule has 1 N–H and O–H groups in total. The fourth-order valence-electron chi connectivity index (χ4n) is 3.20. The molecule has 2 fully saturated rings. The summed E-state index contributed by atoms with van der Waals surface area (Å²) in [6.07, 6.45) is 11.7. The van der Waals surface area contributed by atoms with Gasteiger partial charge >= 0.3 is 0 Å². The lowest BCUT2D eigenvalue weighted by atomic mass is 9.98. The molecule has 3 rings (SSSR count). The van der Waals surface area contributed by atoms with Crippen molar-refractivity contribution in [2.75, 3.05) is 6.54 Å². The Hall–Kier alpha value is -0.800. The van der Waals surface area contributed by atoms with Crippen molar-refractivity contribution >= 4 is 0 Å². The van der Waals surface area contributed by atoms with Crippen LogP contribution in [0.4, 0.5) is 0 Å². The van der Waals surface area contributed by atoms with Gasteiger partial charge in [0.15, 0.2) is 0 Å². The quantitative estimate of drug-likeness (QED) is 0.871. The number of ether oxygens (including phenoxy) is 1. The van der Waals surface area contributed by atoms with E-state index in [4.69, 9.17) is 9.15 Å². The van der Waals surface area contributed by atoms with Crippen LogP contribution in [0.1, 0.15) is 44.1 Å². The third-order valence-corrected chi connectivity index (χ3v) is 4.13. The third kappa shape index (κ3) is 2.55. The van der Waals surface area contributed by atoms with Crippen molar-refractivity contribution in [1.29, 1.82) is 0 Å². The maximum Gasteiger partial charge on any atom is 0.0947 e. The van der Waals surface area contributed by atoms with Gasteiger partial charge in [-0.25, -0.2) is 0 Å². The predicted octanol–water partition coefficient (Wildman–Crippen LogP) is 2.86. The molecule has 0 aromatic carbocycles. The minimum Gasteiger partial charge on any atom is -0.472 e. The number of rotatable bonds is 4. The second kappa shape index (κ2) is 4.83. The van der Waals surface area contributed by atoms with E-state index in [9.17, 15) is 0 Å². The van der Waals surface area contributed by atoms with Gasteiger partial charge in [-0.3, -0.25) is 0 Å². The van der Waals surface area contributed by atoms with E-state index in [-0.39, 0.29) is 5.60 Å². The van der Waals surface area contributed by atoms with Gasteiger partial charge in [-0.15, -0.1) is 0 Å². The van der Waals surface area contributed by atoms with Crippen LogP contribution >= 0.6 is 0 Å². The molecule has 1 unspecified atom stereocenters. The second-order valence-corrected chi connectivity index (χ2v) is 5.43. The Morgan fingerprint density at radius 3 is 2.94 bits per heavy atom. The van der Waals surface area contributed by atoms with Crippen LogP contribution in [0.25, 0.3) is 0 Å². The van der Waals surface area contributed by atoms with Gasteiger partial charge < -0.3 is 14.5 Å². The van der Waals surface area contributed by atoms with Gasteiger partial charge in [0, 0.05) is 18.7 Å². The Balaban J connectivity index is 1.42. The molecule has 1 aromatic heterocycles. The van der Waals surface area contributed by atoms with Crippen molar-refractivity contribution in [3.05, 3.63) is 24.2 Å². The first kappa shape index (κ1) is 11.3. The summed E-state index contributed by atoms with van der Waals surface area (Å²) in [5.74, 6) is 0. The first-order valence-electron chi connectivity index (χ1n) is 6.76. The Bertz CT molecular complexity index is 341. The lowest BCUT2D eigenvalue weighted by Gasteiger charge is -2.23. The molecule has 1 atom stereocenters. The molecule has 0 amide bonds. The van der Waals surface area contributed by atoms with E-state index in [1.54, 1.807) is 12.5 Å². The topological polar surface area (TPSA) is 34.4 Å². The van der Waals surface area contributed by atoms with Crippen molar-refractivity contribution in [3.8, 4) is 0 Å². The molecule has 1 saturated carbocycles. The number of hydrogen-bond donors (Lipinski definition) is 1. The summed E-state index contributed by atoms with van der Waals surface area (Å²) in [5, 5.41) is 3.45. The van der Waals surface area contributed by atoms with Crippen molar-refractivity contribution in [2.24, 2.45) is 0 Å². The Morgan fingerprint density at radius 1 is 1.29 bits per heavy atom. The summed E-state index contributed by atoms with van der Waals surface area (Å²) < 4.78 is 11.3. The molecule has 1 saturated heterocycles. The molecule has 0 bridgehead atoms. The van der Waals surface area contributed by atoms with E-state index in [1.165, 1.54) is 44.1 Å². The zero-order valence-corrected chi connectivity index (χ0v) is 10.3. The minimum atomic E-state index is 0.266. The summed E-state index contributed by atoms with van der Waals surface area (Å²) in [6.45, 7) is 1.84. The van der Waals surface area contributed by atoms with Crippen LogP contribution in [0.5, 0.6) is 0 Å². The molecule has 94 valence electrons. The van der Waals surface area contributed by atoms with E-state index < -0.39 is 0 Å². The standard InChI is InChI=1S/C14H21NO2/c1-2-6-14(5-1)7-3-13(17-14)10-15-9-12-4-8-16-11-12/h4,8,11,13,15H,1-3,5-7,9-10H2. The fraction of sp³-hybridized carbons (Fsp3) is 0.714. The minimum absolute atomic E-state index is 0.266. The van der Waals surface area contributed by atoms with E-state index in [0.717, 1.165) is 13.1 Å². The lowest BCUT2D eigenvalue weighted by Crippen LogP contribution is -2.30. The second-order valence-electron chi connectivity index (χ2n) is 5.43. The normalized spacial score (nSPS) is 26.9. The number of hydrogen-bond acceptors (Lipinski definition) is 3. The van der Waals surface area contributed by atoms with E-state index >= 15 is 0 Å². The SMILES string of the molecule is c1cc(CNCC2CCC3(CCCC3)O2)co1. The summed E-state index contributed by atoms with van der Waals surface area (Å²) >= 11 is 0. The van der Waals surface area contributed by atoms with Crippen LogP contribution in [0, 0.1) is 0 Å². The highest BCUT2D eigenvalue weighted by Gasteiger charge is 2.41. The average Bonchev–Trinajstić information content (AvgIpc) is 3.04. The molecule has 1 aliphatic carbocycles. The van der Waals surface area contributed by atoms with E-state index in [0.29, 0.717) is 6.10 Å². The molecule has 1 aliphatic heterocycles. The van der Waals surface area contributed by atoms with Crippen molar-refractivity contribution < 1.29 is 9.15 Å². The largest absolute Gasteiger partial charge is 0.472 e. The molecule has 2 heterocycles. The molecule has 17 heavy (non-hydrogen) atoms. The van der Waals surface area contributed by atoms with Crippen molar-refractivity contribution in [1.82, 2.24) is 5.32 Å². The molecule has 2 aliphatic rings. The Labute approximate surface area is 103 Å². The first-order valence-corrected chi connectivity index (χ1v) is 6.76. The lowest BCUT2D eigenvalue weighted by molar-refractivity contribution is -0.0351. The first-order chi connectivity index (χ1) is 8.36. The molecule has 1 aromatic rings. The average molecular weight is 235 g/mol. The van der Waals surface area contributed by atoms with Crippen LogP contribution in [0.2, 0.25) is 0 Å². The summed E-state index contributed by atoms with van der Waals surface area (Å²) in [7, 11) is 0. The van der Waals surface area contributed by atoms with Gasteiger partial charge in [0.25, 0.3) is 0 Å². The van der Waals surface area contributed by atoms with Crippen molar-refractivity contribution in [3.63, 3.8) is 0 Å². The zero-order valence-electron chi connectivity index (χ0n) is 10.3. The Morgan fingerprint density at radius 2 is 2.18 bits per heavy atom. The molecule has 1 spiro atoms. The monoisotopic (exact) mass is 235 g/mol. The highest BCUT2D eigenvalue weighted by Crippen LogP contribution is 2.43. The van der Waals surface area contributed by atoms with Gasteiger partial charge in [-0.05, 0) is 31.7 Å². The molecule has 3 heteroatoms. The maximum atomic E-state index is 6.24. The van der Waals surface area contributed by atoms with Crippen LogP contribution in [0.3, 0.4) is 0 Å². The number of nitrogens with one attached hydrogen (secondary N) is 1. The van der Waals surface area contributed by atoms with Gasteiger partial charge in [0.2, 0.25) is 0 Å². The highest BCUT2D eigenvalue weighted by atomic mass is 16.5. The van der Waals surface area contributed by atoms with Crippen LogP contribution in [0.15, 0.2) is 23.0 Å². The van der Waals surface area contributed by atoms with Crippen LogP contribution < -0.4 is 5.32 Å². The molecular weight excluding hydrogens is 214 g/mol. The van der Waals surface area contributed by atoms with Crippen LogP contribution in [-0.4, -0.2) is 18.2 Å². The molecule has 0 radical (unpaired) electrons. The highest BCUT2D eigenvalue weighted by molar-refractivity contribution is 5.04. The summed E-state index contributed by atoms with van der Waals surface area (Å²) in [6, 6.07) is 2.00. The van der Waals surface area contributed by atoms with E-state index in [2.05, 4.69) is 5.32 Å². The van der Waals surface area contributed by atoms with Gasteiger partial charge in [0.1, 0.15) is 0 Å².